The summed E-state index contributed by atoms with van der Waals surface area (Å²) in [5.41, 5.74) is 5.82. The van der Waals surface area contributed by atoms with Crippen LogP contribution in [0.25, 0.3) is 0 Å². The van der Waals surface area contributed by atoms with Crippen molar-refractivity contribution in [3.8, 4) is 0 Å². The van der Waals surface area contributed by atoms with E-state index in [2.05, 4.69) is 13.8 Å². The van der Waals surface area contributed by atoms with E-state index >= 15 is 0 Å². The highest BCUT2D eigenvalue weighted by Crippen LogP contribution is 2.15. The van der Waals surface area contributed by atoms with Crippen LogP contribution in [0.15, 0.2) is 0 Å². The number of nitrogens with two attached hydrogens (primary N) is 1. The molecule has 0 heterocycles. The minimum absolute atomic E-state index is 0.293. The number of rotatable bonds is 6. The maximum atomic E-state index is 8.53. The Morgan fingerprint density at radius 1 is 1.55 bits per heavy atom. The van der Waals surface area contributed by atoms with Gasteiger partial charge >= 0.3 is 0 Å². The molecule has 2 unspecified atom stereocenters. The lowest BCUT2D eigenvalue weighted by atomic mass is 10.2. The van der Waals surface area contributed by atoms with E-state index in [1.165, 1.54) is 0 Å². The fraction of sp³-hybridized carbons (Fsp3) is 1.00. The Balaban J connectivity index is 3.28. The molecule has 0 bridgehead atoms. The maximum Gasteiger partial charge on any atom is 0.0438 e. The number of hydrogen-bond acceptors (Lipinski definition) is 3. The van der Waals surface area contributed by atoms with Gasteiger partial charge in [0.05, 0.1) is 0 Å². The Kier molecular flexibility index (Phi) is 7.12. The lowest BCUT2D eigenvalue weighted by Gasteiger charge is -2.17. The normalized spacial score (nSPS) is 16.4. The Hall–Kier alpha value is 0.270. The van der Waals surface area contributed by atoms with E-state index in [4.69, 9.17) is 10.8 Å². The van der Waals surface area contributed by atoms with Gasteiger partial charge in [-0.25, -0.2) is 0 Å². The smallest absolute Gasteiger partial charge is 0.0438 e. The van der Waals surface area contributed by atoms with Crippen molar-refractivity contribution in [3.63, 3.8) is 0 Å². The van der Waals surface area contributed by atoms with Crippen molar-refractivity contribution >= 4 is 11.8 Å². The van der Waals surface area contributed by atoms with Gasteiger partial charge in [-0.2, -0.15) is 11.8 Å². The third-order valence-corrected chi connectivity index (χ3v) is 3.16. The summed E-state index contributed by atoms with van der Waals surface area (Å²) in [6.07, 6.45) is 1.92. The predicted molar refractivity (Wildman–Crippen MR) is 51.9 cm³/mol. The quantitative estimate of drug-likeness (QED) is 0.600. The molecule has 3 heteroatoms. The number of aliphatic hydroxyl groups excluding tert-OH is 1. The molecule has 0 aromatic carbocycles. The second-order valence-corrected chi connectivity index (χ2v) is 4.21. The Morgan fingerprint density at radius 3 is 2.64 bits per heavy atom. The summed E-state index contributed by atoms with van der Waals surface area (Å²) in [5, 5.41) is 9.05. The van der Waals surface area contributed by atoms with Crippen LogP contribution < -0.4 is 5.73 Å². The Labute approximate surface area is 73.6 Å². The standard InChI is InChI=1S/C8H19NOS/c1-3-8(9)7(2)11-6-4-5-10/h7-8,10H,3-6,9H2,1-2H3. The van der Waals surface area contributed by atoms with E-state index in [1.807, 2.05) is 11.8 Å². The molecule has 0 fully saturated rings. The van der Waals surface area contributed by atoms with Crippen LogP contribution in [0.3, 0.4) is 0 Å². The molecule has 0 aromatic heterocycles. The van der Waals surface area contributed by atoms with Crippen molar-refractivity contribution in [1.82, 2.24) is 0 Å². The largest absolute Gasteiger partial charge is 0.396 e. The van der Waals surface area contributed by atoms with Gasteiger partial charge in [0.25, 0.3) is 0 Å². The number of thioether (sulfide) groups is 1. The molecule has 0 aliphatic carbocycles. The lowest BCUT2D eigenvalue weighted by molar-refractivity contribution is 0.296. The minimum Gasteiger partial charge on any atom is -0.396 e. The van der Waals surface area contributed by atoms with E-state index in [-0.39, 0.29) is 0 Å². The molecule has 0 spiro atoms. The molecule has 11 heavy (non-hydrogen) atoms. The second-order valence-electron chi connectivity index (χ2n) is 2.73. The SMILES string of the molecule is CCC(N)C(C)SCCCO. The molecule has 2 atom stereocenters. The molecule has 0 saturated heterocycles. The molecular formula is C8H19NOS. The van der Waals surface area contributed by atoms with Gasteiger partial charge in [0.15, 0.2) is 0 Å². The van der Waals surface area contributed by atoms with Crippen LogP contribution in [0.2, 0.25) is 0 Å². The van der Waals surface area contributed by atoms with Gasteiger partial charge < -0.3 is 10.8 Å². The van der Waals surface area contributed by atoms with Crippen LogP contribution in [0, 0.1) is 0 Å². The van der Waals surface area contributed by atoms with E-state index < -0.39 is 0 Å². The van der Waals surface area contributed by atoms with Crippen molar-refractivity contribution in [2.75, 3.05) is 12.4 Å². The zero-order valence-electron chi connectivity index (χ0n) is 7.42. The van der Waals surface area contributed by atoms with Crippen LogP contribution >= 0.6 is 11.8 Å². The monoisotopic (exact) mass is 177 g/mol. The van der Waals surface area contributed by atoms with E-state index in [9.17, 15) is 0 Å². The molecule has 0 saturated carbocycles. The van der Waals surface area contributed by atoms with Gasteiger partial charge in [0.1, 0.15) is 0 Å². The van der Waals surface area contributed by atoms with Crippen molar-refractivity contribution in [2.24, 2.45) is 5.73 Å². The first kappa shape index (κ1) is 11.3. The molecular weight excluding hydrogens is 158 g/mol. The van der Waals surface area contributed by atoms with Crippen LogP contribution in [0.4, 0.5) is 0 Å². The van der Waals surface area contributed by atoms with Gasteiger partial charge in [0.2, 0.25) is 0 Å². The van der Waals surface area contributed by atoms with Crippen molar-refractivity contribution in [1.29, 1.82) is 0 Å². The molecule has 0 rings (SSSR count). The van der Waals surface area contributed by atoms with E-state index in [1.54, 1.807) is 0 Å². The fourth-order valence-corrected chi connectivity index (χ4v) is 1.90. The van der Waals surface area contributed by atoms with E-state index in [0.717, 1.165) is 18.6 Å². The van der Waals surface area contributed by atoms with Crippen LogP contribution in [-0.4, -0.2) is 28.8 Å². The first-order chi connectivity index (χ1) is 5.22. The first-order valence-electron chi connectivity index (χ1n) is 4.20. The van der Waals surface area contributed by atoms with Crippen LogP contribution in [0.1, 0.15) is 26.7 Å². The van der Waals surface area contributed by atoms with Crippen molar-refractivity contribution in [3.05, 3.63) is 0 Å². The van der Waals surface area contributed by atoms with Gasteiger partial charge in [0, 0.05) is 17.9 Å². The molecule has 68 valence electrons. The summed E-state index contributed by atoms with van der Waals surface area (Å²) in [6, 6.07) is 0.304. The van der Waals surface area contributed by atoms with Crippen molar-refractivity contribution in [2.45, 2.75) is 38.0 Å². The van der Waals surface area contributed by atoms with Gasteiger partial charge in [-0.1, -0.05) is 13.8 Å². The average Bonchev–Trinajstić information content (AvgIpc) is 2.03. The van der Waals surface area contributed by atoms with Gasteiger partial charge in [-0.3, -0.25) is 0 Å². The fourth-order valence-electron chi connectivity index (χ4n) is 0.789. The maximum absolute atomic E-state index is 8.53. The van der Waals surface area contributed by atoms with Crippen molar-refractivity contribution < 1.29 is 5.11 Å². The zero-order chi connectivity index (χ0) is 8.69. The summed E-state index contributed by atoms with van der Waals surface area (Å²) in [6.45, 7) is 4.55. The molecule has 2 nitrogen and oxygen atoms in total. The predicted octanol–water partition coefficient (Wildman–Crippen LogP) is 1.23. The summed E-state index contributed by atoms with van der Waals surface area (Å²) in [7, 11) is 0. The Bertz CT molecular complexity index is 90.2. The molecule has 0 radical (unpaired) electrons. The van der Waals surface area contributed by atoms with Gasteiger partial charge in [-0.15, -0.1) is 0 Å². The molecule has 3 N–H and O–H groups in total. The summed E-state index contributed by atoms with van der Waals surface area (Å²) < 4.78 is 0. The molecule has 0 aliphatic heterocycles. The topological polar surface area (TPSA) is 46.2 Å². The summed E-state index contributed by atoms with van der Waals surface area (Å²) in [5.74, 6) is 1.02. The molecule has 0 amide bonds. The third-order valence-electron chi connectivity index (χ3n) is 1.76. The van der Waals surface area contributed by atoms with Gasteiger partial charge in [-0.05, 0) is 18.6 Å². The van der Waals surface area contributed by atoms with Crippen LogP contribution in [-0.2, 0) is 0 Å². The second kappa shape index (κ2) is 6.95. The van der Waals surface area contributed by atoms with Crippen LogP contribution in [0.5, 0.6) is 0 Å². The highest BCUT2D eigenvalue weighted by molar-refractivity contribution is 7.99. The zero-order valence-corrected chi connectivity index (χ0v) is 8.23. The highest BCUT2D eigenvalue weighted by atomic mass is 32.2. The first-order valence-corrected chi connectivity index (χ1v) is 5.25. The summed E-state index contributed by atoms with van der Waals surface area (Å²) in [4.78, 5) is 0. The summed E-state index contributed by atoms with van der Waals surface area (Å²) >= 11 is 1.85. The number of hydrogen-bond donors (Lipinski definition) is 2. The number of aliphatic hydroxyl groups is 1. The minimum atomic E-state index is 0.293. The third kappa shape index (κ3) is 5.53. The lowest BCUT2D eigenvalue weighted by Crippen LogP contribution is -2.29. The molecule has 0 aromatic rings. The van der Waals surface area contributed by atoms with E-state index in [0.29, 0.717) is 17.9 Å². The Morgan fingerprint density at radius 2 is 2.18 bits per heavy atom. The average molecular weight is 177 g/mol. The molecule has 0 aliphatic rings. The highest BCUT2D eigenvalue weighted by Gasteiger charge is 2.09.